The number of pyridine rings is 1. The predicted octanol–water partition coefficient (Wildman–Crippen LogP) is 2.75. The molecule has 0 radical (unpaired) electrons. The monoisotopic (exact) mass is 319 g/mol. The Labute approximate surface area is 139 Å². The molecular formula is C19H17N3O2. The van der Waals surface area contributed by atoms with Crippen molar-refractivity contribution < 1.29 is 9.47 Å². The second kappa shape index (κ2) is 5.63. The maximum atomic E-state index is 6.62. The minimum atomic E-state index is -0.913. The topological polar surface area (TPSA) is 83.4 Å². The average molecular weight is 319 g/mol. The highest BCUT2D eigenvalue weighted by Gasteiger charge is 2.45. The second-order valence-electron chi connectivity index (χ2n) is 5.72. The molecule has 0 saturated heterocycles. The molecule has 2 atom stereocenters. The smallest absolute Gasteiger partial charge is 0.174 e. The van der Waals surface area contributed by atoms with Gasteiger partial charge in [-0.15, -0.1) is 0 Å². The van der Waals surface area contributed by atoms with E-state index in [4.69, 9.17) is 20.9 Å². The molecular weight excluding hydrogens is 302 g/mol. The van der Waals surface area contributed by atoms with Crippen LogP contribution < -0.4 is 20.9 Å². The van der Waals surface area contributed by atoms with Crippen molar-refractivity contribution in [1.82, 2.24) is 4.98 Å². The van der Waals surface area contributed by atoms with Gasteiger partial charge in [0.2, 0.25) is 0 Å². The molecule has 0 saturated carbocycles. The van der Waals surface area contributed by atoms with Crippen LogP contribution in [0.5, 0.6) is 17.2 Å². The molecule has 2 unspecified atom stereocenters. The van der Waals surface area contributed by atoms with Crippen molar-refractivity contribution in [3.05, 3.63) is 84.2 Å². The quantitative estimate of drug-likeness (QED) is 0.775. The van der Waals surface area contributed by atoms with E-state index in [9.17, 15) is 0 Å². The summed E-state index contributed by atoms with van der Waals surface area (Å²) >= 11 is 0. The number of hydrogen-bond acceptors (Lipinski definition) is 5. The zero-order valence-corrected chi connectivity index (χ0v) is 12.9. The van der Waals surface area contributed by atoms with Crippen molar-refractivity contribution in [3.8, 4) is 17.2 Å². The van der Waals surface area contributed by atoms with Crippen LogP contribution in [-0.4, -0.2) is 11.2 Å². The zero-order chi connectivity index (χ0) is 16.6. The van der Waals surface area contributed by atoms with E-state index in [1.54, 1.807) is 12.4 Å². The van der Waals surface area contributed by atoms with E-state index in [0.29, 0.717) is 5.75 Å². The van der Waals surface area contributed by atoms with Gasteiger partial charge in [-0.3, -0.25) is 10.7 Å². The lowest BCUT2D eigenvalue weighted by Crippen LogP contribution is -2.52. The van der Waals surface area contributed by atoms with Gasteiger partial charge in [0.15, 0.2) is 6.23 Å². The van der Waals surface area contributed by atoms with Crippen LogP contribution in [0.4, 0.5) is 0 Å². The van der Waals surface area contributed by atoms with Crippen molar-refractivity contribution >= 4 is 0 Å². The van der Waals surface area contributed by atoms with Crippen LogP contribution in [0.15, 0.2) is 73.1 Å². The summed E-state index contributed by atoms with van der Waals surface area (Å²) in [6.07, 6.45) is 2.66. The van der Waals surface area contributed by atoms with Crippen molar-refractivity contribution in [2.75, 3.05) is 0 Å². The zero-order valence-electron chi connectivity index (χ0n) is 12.9. The molecule has 0 amide bonds. The standard InChI is InChI=1S/C19H17N3O2/c20-18-19(21,16-10-11-22-12-17(16)24-18)13-6-8-15(9-7-13)23-14-4-2-1-3-5-14/h1-12,18H,20-21H2. The van der Waals surface area contributed by atoms with Crippen LogP contribution in [-0.2, 0) is 5.54 Å². The molecule has 5 nitrogen and oxygen atoms in total. The number of hydrogen-bond donors (Lipinski definition) is 2. The molecule has 3 aromatic rings. The number of para-hydroxylation sites is 1. The summed E-state index contributed by atoms with van der Waals surface area (Å²) in [6, 6.07) is 19.0. The summed E-state index contributed by atoms with van der Waals surface area (Å²) in [6.45, 7) is 0. The van der Waals surface area contributed by atoms with Crippen LogP contribution in [0.3, 0.4) is 0 Å². The fraction of sp³-hybridized carbons (Fsp3) is 0.105. The minimum absolute atomic E-state index is 0.622. The predicted molar refractivity (Wildman–Crippen MR) is 90.8 cm³/mol. The van der Waals surface area contributed by atoms with E-state index < -0.39 is 11.8 Å². The molecule has 4 rings (SSSR count). The van der Waals surface area contributed by atoms with Crippen molar-refractivity contribution in [2.45, 2.75) is 11.8 Å². The normalized spacial score (nSPS) is 21.8. The Kier molecular flexibility index (Phi) is 3.45. The first kappa shape index (κ1) is 14.7. The number of fused-ring (bicyclic) bond motifs is 1. The SMILES string of the molecule is NC1Oc2cnccc2C1(N)c1ccc(Oc2ccccc2)cc1. The number of aromatic nitrogens is 1. The van der Waals surface area contributed by atoms with Gasteiger partial charge in [-0.2, -0.15) is 0 Å². The highest BCUT2D eigenvalue weighted by Crippen LogP contribution is 2.42. The van der Waals surface area contributed by atoms with E-state index in [-0.39, 0.29) is 0 Å². The van der Waals surface area contributed by atoms with Gasteiger partial charge in [0.1, 0.15) is 22.8 Å². The van der Waals surface area contributed by atoms with Crippen LogP contribution in [0, 0.1) is 0 Å². The molecule has 1 aliphatic rings. The van der Waals surface area contributed by atoms with Gasteiger partial charge in [-0.1, -0.05) is 30.3 Å². The Hall–Kier alpha value is -2.89. The highest BCUT2D eigenvalue weighted by atomic mass is 16.5. The summed E-state index contributed by atoms with van der Waals surface area (Å²) in [4.78, 5) is 4.05. The van der Waals surface area contributed by atoms with Gasteiger partial charge in [0.25, 0.3) is 0 Å². The third kappa shape index (κ3) is 2.31. The summed E-state index contributed by atoms with van der Waals surface area (Å²) in [7, 11) is 0. The number of rotatable bonds is 3. The molecule has 24 heavy (non-hydrogen) atoms. The molecule has 2 heterocycles. The van der Waals surface area contributed by atoms with E-state index in [0.717, 1.165) is 22.6 Å². The van der Waals surface area contributed by atoms with Gasteiger partial charge < -0.3 is 15.2 Å². The third-order valence-corrected chi connectivity index (χ3v) is 4.24. The molecule has 0 fully saturated rings. The number of nitrogens with two attached hydrogens (primary N) is 2. The third-order valence-electron chi connectivity index (χ3n) is 4.24. The Balaban J connectivity index is 1.65. The molecule has 0 aliphatic carbocycles. The maximum absolute atomic E-state index is 6.62. The summed E-state index contributed by atoms with van der Waals surface area (Å²) in [5.74, 6) is 2.14. The molecule has 0 bridgehead atoms. The highest BCUT2D eigenvalue weighted by molar-refractivity contribution is 5.50. The Morgan fingerprint density at radius 2 is 1.67 bits per heavy atom. The largest absolute Gasteiger partial charge is 0.471 e. The fourth-order valence-corrected chi connectivity index (χ4v) is 2.94. The molecule has 120 valence electrons. The van der Waals surface area contributed by atoms with Gasteiger partial charge >= 0.3 is 0 Å². The minimum Gasteiger partial charge on any atom is -0.471 e. The van der Waals surface area contributed by atoms with Crippen LogP contribution in [0.1, 0.15) is 11.1 Å². The van der Waals surface area contributed by atoms with Gasteiger partial charge in [0.05, 0.1) is 6.20 Å². The van der Waals surface area contributed by atoms with E-state index in [2.05, 4.69) is 4.98 Å². The lowest BCUT2D eigenvalue weighted by molar-refractivity contribution is 0.177. The van der Waals surface area contributed by atoms with Gasteiger partial charge in [-0.25, -0.2) is 0 Å². The molecule has 4 N–H and O–H groups in total. The van der Waals surface area contributed by atoms with E-state index in [1.165, 1.54) is 0 Å². The molecule has 5 heteroatoms. The van der Waals surface area contributed by atoms with Crippen LogP contribution >= 0.6 is 0 Å². The number of benzene rings is 2. The molecule has 1 aliphatic heterocycles. The maximum Gasteiger partial charge on any atom is 0.174 e. The Bertz CT molecular complexity index is 852. The van der Waals surface area contributed by atoms with Crippen molar-refractivity contribution in [2.24, 2.45) is 11.5 Å². The van der Waals surface area contributed by atoms with Gasteiger partial charge in [-0.05, 0) is 35.9 Å². The van der Waals surface area contributed by atoms with E-state index >= 15 is 0 Å². The molecule has 0 spiro atoms. The van der Waals surface area contributed by atoms with E-state index in [1.807, 2.05) is 60.7 Å². The number of nitrogens with zero attached hydrogens (tertiary/aromatic N) is 1. The Morgan fingerprint density at radius 1 is 0.958 bits per heavy atom. The van der Waals surface area contributed by atoms with Crippen LogP contribution in [0.25, 0.3) is 0 Å². The second-order valence-corrected chi connectivity index (χ2v) is 5.72. The molecule has 2 aromatic carbocycles. The average Bonchev–Trinajstić information content (AvgIpc) is 2.88. The van der Waals surface area contributed by atoms with Crippen molar-refractivity contribution in [3.63, 3.8) is 0 Å². The molecule has 1 aromatic heterocycles. The van der Waals surface area contributed by atoms with Crippen LogP contribution in [0.2, 0.25) is 0 Å². The Morgan fingerprint density at radius 3 is 2.42 bits per heavy atom. The first-order valence-electron chi connectivity index (χ1n) is 7.67. The first-order valence-corrected chi connectivity index (χ1v) is 7.67. The fourth-order valence-electron chi connectivity index (χ4n) is 2.94. The lowest BCUT2D eigenvalue weighted by atomic mass is 9.84. The summed E-state index contributed by atoms with van der Waals surface area (Å²) < 4.78 is 11.5. The summed E-state index contributed by atoms with van der Waals surface area (Å²) in [5, 5.41) is 0. The lowest BCUT2D eigenvalue weighted by Gasteiger charge is -2.28. The first-order chi connectivity index (χ1) is 11.7. The van der Waals surface area contributed by atoms with Gasteiger partial charge in [0, 0.05) is 11.8 Å². The summed E-state index contributed by atoms with van der Waals surface area (Å²) in [5.41, 5.74) is 13.6. The number of ether oxygens (including phenoxy) is 2. The van der Waals surface area contributed by atoms with Crippen molar-refractivity contribution in [1.29, 1.82) is 0 Å².